The number of rotatable bonds is 2. The molecule has 0 amide bonds. The molecule has 0 bridgehead atoms. The largest absolute Gasteiger partial charge is 0.337 e. The Bertz CT molecular complexity index is 463. The summed E-state index contributed by atoms with van der Waals surface area (Å²) in [6.07, 6.45) is 2.66. The number of nitrogens with one attached hydrogen (secondary N) is 2. The van der Waals surface area contributed by atoms with Crippen molar-refractivity contribution in [3.05, 3.63) is 30.3 Å². The van der Waals surface area contributed by atoms with Gasteiger partial charge in [-0.2, -0.15) is 4.98 Å². The van der Waals surface area contributed by atoms with E-state index in [0.717, 1.165) is 18.7 Å². The van der Waals surface area contributed by atoms with Crippen molar-refractivity contribution in [3.8, 4) is 11.5 Å². The monoisotopic (exact) mass is 217 g/mol. The molecule has 1 saturated heterocycles. The zero-order valence-electron chi connectivity index (χ0n) is 8.55. The molecule has 1 aliphatic rings. The first-order valence-corrected chi connectivity index (χ1v) is 5.17. The highest BCUT2D eigenvalue weighted by Crippen LogP contribution is 2.19. The van der Waals surface area contributed by atoms with Gasteiger partial charge in [0.2, 0.25) is 11.7 Å². The maximum Gasteiger partial charge on any atom is 0.245 e. The van der Waals surface area contributed by atoms with E-state index in [9.17, 15) is 0 Å². The lowest BCUT2D eigenvalue weighted by molar-refractivity contribution is 0.340. The van der Waals surface area contributed by atoms with Gasteiger partial charge in [-0.15, -0.1) is 0 Å². The maximum atomic E-state index is 5.20. The Labute approximate surface area is 92.1 Å². The molecule has 2 aromatic heterocycles. The van der Waals surface area contributed by atoms with Crippen LogP contribution in [0.4, 0.5) is 0 Å². The maximum absolute atomic E-state index is 5.20. The van der Waals surface area contributed by atoms with E-state index in [-0.39, 0.29) is 6.04 Å². The molecule has 1 unspecified atom stereocenters. The lowest BCUT2D eigenvalue weighted by Crippen LogP contribution is -2.24. The molecule has 1 atom stereocenters. The second-order valence-electron chi connectivity index (χ2n) is 3.58. The predicted molar refractivity (Wildman–Crippen MR) is 56.0 cm³/mol. The van der Waals surface area contributed by atoms with Gasteiger partial charge in [-0.3, -0.25) is 10.4 Å². The van der Waals surface area contributed by atoms with E-state index in [1.54, 1.807) is 6.20 Å². The van der Waals surface area contributed by atoms with Gasteiger partial charge >= 0.3 is 0 Å². The number of hydrogen-bond acceptors (Lipinski definition) is 6. The highest BCUT2D eigenvalue weighted by Gasteiger charge is 2.22. The van der Waals surface area contributed by atoms with E-state index in [1.807, 2.05) is 18.2 Å². The third-order valence-corrected chi connectivity index (χ3v) is 2.47. The SMILES string of the molecule is c1ccc(-c2noc(C3CCNN3)n2)nc1. The minimum absolute atomic E-state index is 0.102. The molecular formula is C10H11N5O. The molecule has 0 aliphatic carbocycles. The van der Waals surface area contributed by atoms with Crippen molar-refractivity contribution in [2.45, 2.75) is 12.5 Å². The number of nitrogens with zero attached hydrogens (tertiary/aromatic N) is 3. The van der Waals surface area contributed by atoms with E-state index in [1.165, 1.54) is 0 Å². The lowest BCUT2D eigenvalue weighted by Gasteiger charge is -2.00. The summed E-state index contributed by atoms with van der Waals surface area (Å²) in [4.78, 5) is 8.49. The van der Waals surface area contributed by atoms with Gasteiger partial charge in [-0.25, -0.2) is 5.43 Å². The minimum Gasteiger partial charge on any atom is -0.337 e. The van der Waals surface area contributed by atoms with Crippen molar-refractivity contribution >= 4 is 0 Å². The summed E-state index contributed by atoms with van der Waals surface area (Å²) >= 11 is 0. The average molecular weight is 217 g/mol. The summed E-state index contributed by atoms with van der Waals surface area (Å²) in [6, 6.07) is 5.71. The van der Waals surface area contributed by atoms with Gasteiger partial charge in [0, 0.05) is 12.7 Å². The fourth-order valence-corrected chi connectivity index (χ4v) is 1.65. The molecule has 2 N–H and O–H groups in total. The lowest BCUT2D eigenvalue weighted by atomic mass is 10.2. The first kappa shape index (κ1) is 9.44. The normalized spacial score (nSPS) is 20.1. The van der Waals surface area contributed by atoms with Gasteiger partial charge in [-0.1, -0.05) is 11.2 Å². The predicted octanol–water partition coefficient (Wildman–Crippen LogP) is 0.671. The Morgan fingerprint density at radius 2 is 2.38 bits per heavy atom. The van der Waals surface area contributed by atoms with E-state index >= 15 is 0 Å². The van der Waals surface area contributed by atoms with Gasteiger partial charge in [0.05, 0.1) is 0 Å². The highest BCUT2D eigenvalue weighted by atomic mass is 16.5. The summed E-state index contributed by atoms with van der Waals surface area (Å²) in [5, 5.41) is 3.91. The molecule has 6 heteroatoms. The number of aromatic nitrogens is 3. The Balaban J connectivity index is 1.87. The molecule has 16 heavy (non-hydrogen) atoms. The standard InChI is InChI=1S/C10H11N5O/c1-2-5-11-7(3-1)9-13-10(16-15-9)8-4-6-12-14-8/h1-3,5,8,12,14H,4,6H2. The summed E-state index contributed by atoms with van der Waals surface area (Å²) in [5.74, 6) is 1.13. The molecule has 0 spiro atoms. The molecule has 0 radical (unpaired) electrons. The van der Waals surface area contributed by atoms with Crippen LogP contribution >= 0.6 is 0 Å². The molecule has 0 saturated carbocycles. The van der Waals surface area contributed by atoms with E-state index in [2.05, 4.69) is 26.0 Å². The molecule has 82 valence electrons. The smallest absolute Gasteiger partial charge is 0.245 e. The second-order valence-corrected chi connectivity index (χ2v) is 3.58. The van der Waals surface area contributed by atoms with Crippen LogP contribution in [0.15, 0.2) is 28.9 Å². The van der Waals surface area contributed by atoms with Crippen LogP contribution in [0, 0.1) is 0 Å². The molecular weight excluding hydrogens is 206 g/mol. The quantitative estimate of drug-likeness (QED) is 0.770. The molecule has 6 nitrogen and oxygen atoms in total. The van der Waals surface area contributed by atoms with Crippen LogP contribution in [-0.4, -0.2) is 21.7 Å². The molecule has 3 heterocycles. The van der Waals surface area contributed by atoms with Crippen LogP contribution < -0.4 is 10.9 Å². The third-order valence-electron chi connectivity index (χ3n) is 2.47. The zero-order chi connectivity index (χ0) is 10.8. The van der Waals surface area contributed by atoms with Crippen molar-refractivity contribution in [2.75, 3.05) is 6.54 Å². The number of pyridine rings is 1. The fraction of sp³-hybridized carbons (Fsp3) is 0.300. The molecule has 2 aromatic rings. The van der Waals surface area contributed by atoms with Crippen molar-refractivity contribution in [2.24, 2.45) is 0 Å². The number of hydrazine groups is 1. The van der Waals surface area contributed by atoms with Crippen LogP contribution in [0.5, 0.6) is 0 Å². The Morgan fingerprint density at radius 3 is 3.12 bits per heavy atom. The molecule has 1 fully saturated rings. The minimum atomic E-state index is 0.102. The van der Waals surface area contributed by atoms with Crippen LogP contribution in [0.1, 0.15) is 18.4 Å². The Hall–Kier alpha value is -1.79. The summed E-state index contributed by atoms with van der Waals surface area (Å²) in [7, 11) is 0. The summed E-state index contributed by atoms with van der Waals surface area (Å²) < 4.78 is 5.20. The third kappa shape index (κ3) is 1.68. The molecule has 3 rings (SSSR count). The van der Waals surface area contributed by atoms with Crippen molar-refractivity contribution in [3.63, 3.8) is 0 Å². The highest BCUT2D eigenvalue weighted by molar-refractivity contribution is 5.47. The van der Waals surface area contributed by atoms with Gasteiger partial charge < -0.3 is 4.52 Å². The molecule has 1 aliphatic heterocycles. The molecule has 0 aromatic carbocycles. The summed E-state index contributed by atoms with van der Waals surface area (Å²) in [5.41, 5.74) is 6.82. The Morgan fingerprint density at radius 1 is 1.38 bits per heavy atom. The van der Waals surface area contributed by atoms with Gasteiger partial charge in [0.25, 0.3) is 0 Å². The van der Waals surface area contributed by atoms with Gasteiger partial charge in [0.1, 0.15) is 11.7 Å². The van der Waals surface area contributed by atoms with Crippen LogP contribution in [-0.2, 0) is 0 Å². The number of hydrogen-bond donors (Lipinski definition) is 2. The average Bonchev–Trinajstić information content (AvgIpc) is 3.01. The van der Waals surface area contributed by atoms with Crippen molar-refractivity contribution in [1.82, 2.24) is 26.0 Å². The van der Waals surface area contributed by atoms with E-state index in [4.69, 9.17) is 4.52 Å². The zero-order valence-corrected chi connectivity index (χ0v) is 8.55. The van der Waals surface area contributed by atoms with Crippen molar-refractivity contribution < 1.29 is 4.52 Å². The summed E-state index contributed by atoms with van der Waals surface area (Å²) in [6.45, 7) is 0.909. The van der Waals surface area contributed by atoms with Crippen LogP contribution in [0.25, 0.3) is 11.5 Å². The van der Waals surface area contributed by atoms with E-state index in [0.29, 0.717) is 11.7 Å². The van der Waals surface area contributed by atoms with E-state index < -0.39 is 0 Å². The first-order valence-electron chi connectivity index (χ1n) is 5.17. The van der Waals surface area contributed by atoms with Crippen LogP contribution in [0.2, 0.25) is 0 Å². The topological polar surface area (TPSA) is 75.9 Å². The van der Waals surface area contributed by atoms with Crippen molar-refractivity contribution in [1.29, 1.82) is 0 Å². The fourth-order valence-electron chi connectivity index (χ4n) is 1.65. The van der Waals surface area contributed by atoms with Gasteiger partial charge in [-0.05, 0) is 18.6 Å². The van der Waals surface area contributed by atoms with Gasteiger partial charge in [0.15, 0.2) is 0 Å². The first-order chi connectivity index (χ1) is 7.93. The Kier molecular flexibility index (Phi) is 2.35. The second kappa shape index (κ2) is 3.99. The van der Waals surface area contributed by atoms with Crippen LogP contribution in [0.3, 0.4) is 0 Å².